The highest BCUT2D eigenvalue weighted by atomic mass is 35.5. The van der Waals surface area contributed by atoms with E-state index in [1.54, 1.807) is 34.9 Å². The van der Waals surface area contributed by atoms with Gasteiger partial charge in [0, 0.05) is 36.9 Å². The first-order valence-corrected chi connectivity index (χ1v) is 9.54. The Morgan fingerprint density at radius 3 is 2.33 bits per heavy atom. The zero-order valence-electron chi connectivity index (χ0n) is 15.6. The van der Waals surface area contributed by atoms with Crippen LogP contribution in [0.15, 0.2) is 18.2 Å². The zero-order chi connectivity index (χ0) is 19.6. The molecular weight excluding hydrogens is 370 g/mol. The van der Waals surface area contributed by atoms with Crippen molar-refractivity contribution in [1.29, 1.82) is 0 Å². The molecule has 0 aromatic heterocycles. The van der Waals surface area contributed by atoms with E-state index in [2.05, 4.69) is 5.32 Å². The number of piperazine rings is 1. The highest BCUT2D eigenvalue weighted by Crippen LogP contribution is 2.48. The molecule has 2 fully saturated rings. The van der Waals surface area contributed by atoms with E-state index < -0.39 is 5.41 Å². The standard InChI is InChI=1S/C19H24ClN3O4/c1-3-27-18(26)23-10-8-22(9-11-23)17(25)19(6-7-19)16(24)21-15-5-4-14(20)12-13(15)2/h4-5,12H,3,6-11H2,1-2H3,(H,21,24). The number of halogens is 1. The van der Waals surface area contributed by atoms with Gasteiger partial charge in [-0.1, -0.05) is 11.6 Å². The van der Waals surface area contributed by atoms with Crippen LogP contribution in [0.5, 0.6) is 0 Å². The van der Waals surface area contributed by atoms with Crippen molar-refractivity contribution in [2.75, 3.05) is 38.1 Å². The molecule has 0 atom stereocenters. The average Bonchev–Trinajstić information content (AvgIpc) is 3.46. The van der Waals surface area contributed by atoms with Gasteiger partial charge in [0.1, 0.15) is 5.41 Å². The van der Waals surface area contributed by atoms with Crippen LogP contribution in [-0.4, -0.2) is 60.5 Å². The van der Waals surface area contributed by atoms with E-state index in [1.165, 1.54) is 0 Å². The van der Waals surface area contributed by atoms with Crippen molar-refractivity contribution < 1.29 is 19.1 Å². The largest absolute Gasteiger partial charge is 0.450 e. The Morgan fingerprint density at radius 2 is 1.78 bits per heavy atom. The van der Waals surface area contributed by atoms with Gasteiger partial charge in [0.25, 0.3) is 0 Å². The lowest BCUT2D eigenvalue weighted by atomic mass is 10.0. The van der Waals surface area contributed by atoms with Crippen molar-refractivity contribution in [2.45, 2.75) is 26.7 Å². The third-order valence-corrected chi connectivity index (χ3v) is 5.36. The topological polar surface area (TPSA) is 79.0 Å². The molecule has 1 aromatic rings. The van der Waals surface area contributed by atoms with Crippen molar-refractivity contribution in [3.05, 3.63) is 28.8 Å². The summed E-state index contributed by atoms with van der Waals surface area (Å²) in [4.78, 5) is 40.8. The lowest BCUT2D eigenvalue weighted by molar-refractivity contribution is -0.143. The van der Waals surface area contributed by atoms with Gasteiger partial charge in [-0.05, 0) is 50.5 Å². The lowest BCUT2D eigenvalue weighted by Gasteiger charge is -2.35. The second kappa shape index (κ2) is 7.76. The number of nitrogens with one attached hydrogen (secondary N) is 1. The van der Waals surface area contributed by atoms with Crippen molar-refractivity contribution in [3.63, 3.8) is 0 Å². The first kappa shape index (κ1) is 19.5. The smallest absolute Gasteiger partial charge is 0.409 e. The minimum atomic E-state index is -0.988. The summed E-state index contributed by atoms with van der Waals surface area (Å²) in [6, 6.07) is 5.22. The molecule has 0 bridgehead atoms. The van der Waals surface area contributed by atoms with Crippen molar-refractivity contribution in [3.8, 4) is 0 Å². The van der Waals surface area contributed by atoms with Crippen LogP contribution in [0.4, 0.5) is 10.5 Å². The average molecular weight is 394 g/mol. The van der Waals surface area contributed by atoms with Gasteiger partial charge in [0.15, 0.2) is 0 Å². The fourth-order valence-electron chi connectivity index (χ4n) is 3.28. The molecule has 1 aliphatic carbocycles. The number of carbonyl (C=O) groups excluding carboxylic acids is 3. The summed E-state index contributed by atoms with van der Waals surface area (Å²) in [5.74, 6) is -0.430. The molecule has 1 aliphatic heterocycles. The third kappa shape index (κ3) is 4.03. The number of nitrogens with zero attached hydrogens (tertiary/aromatic N) is 2. The van der Waals surface area contributed by atoms with Crippen LogP contribution < -0.4 is 5.32 Å². The molecule has 7 nitrogen and oxygen atoms in total. The SMILES string of the molecule is CCOC(=O)N1CCN(C(=O)C2(C(=O)Nc3ccc(Cl)cc3C)CC2)CC1. The molecule has 1 N–H and O–H groups in total. The molecule has 1 aromatic carbocycles. The van der Waals surface area contributed by atoms with Gasteiger partial charge in [-0.25, -0.2) is 4.79 Å². The molecule has 8 heteroatoms. The molecule has 0 radical (unpaired) electrons. The number of benzene rings is 1. The van der Waals surface area contributed by atoms with Crippen LogP contribution in [0.1, 0.15) is 25.3 Å². The molecule has 2 aliphatic rings. The van der Waals surface area contributed by atoms with Gasteiger partial charge in [-0.3, -0.25) is 9.59 Å². The van der Waals surface area contributed by atoms with E-state index in [-0.39, 0.29) is 17.9 Å². The predicted octanol–water partition coefficient (Wildman–Crippen LogP) is 2.67. The first-order chi connectivity index (χ1) is 12.9. The summed E-state index contributed by atoms with van der Waals surface area (Å²) in [6.45, 7) is 5.59. The highest BCUT2D eigenvalue weighted by Gasteiger charge is 2.58. The predicted molar refractivity (Wildman–Crippen MR) is 102 cm³/mol. The number of carbonyl (C=O) groups is 3. The second-order valence-electron chi connectivity index (χ2n) is 6.97. The Bertz CT molecular complexity index is 755. The van der Waals surface area contributed by atoms with Gasteiger partial charge < -0.3 is 19.9 Å². The highest BCUT2D eigenvalue weighted by molar-refractivity contribution is 6.30. The minimum Gasteiger partial charge on any atom is -0.450 e. The van der Waals surface area contributed by atoms with E-state index in [1.807, 2.05) is 6.92 Å². The third-order valence-electron chi connectivity index (χ3n) is 5.12. The Morgan fingerprint density at radius 1 is 1.15 bits per heavy atom. The normalized spacial score (nSPS) is 18.0. The number of aryl methyl sites for hydroxylation is 1. The number of rotatable bonds is 4. The van der Waals surface area contributed by atoms with Crippen LogP contribution in [0, 0.1) is 12.3 Å². The molecule has 0 spiro atoms. The number of amides is 3. The molecule has 1 saturated heterocycles. The Labute approximate surface area is 163 Å². The number of hydrogen-bond donors (Lipinski definition) is 1. The van der Waals surface area contributed by atoms with Gasteiger partial charge in [-0.15, -0.1) is 0 Å². The van der Waals surface area contributed by atoms with E-state index in [0.29, 0.717) is 56.3 Å². The van der Waals surface area contributed by atoms with Crippen LogP contribution in [0.25, 0.3) is 0 Å². The summed E-state index contributed by atoms with van der Waals surface area (Å²) in [5.41, 5.74) is 0.524. The number of anilines is 1. The van der Waals surface area contributed by atoms with Crippen LogP contribution in [-0.2, 0) is 14.3 Å². The maximum absolute atomic E-state index is 13.0. The Kier molecular flexibility index (Phi) is 5.60. The summed E-state index contributed by atoms with van der Waals surface area (Å²) >= 11 is 5.95. The van der Waals surface area contributed by atoms with Crippen molar-refractivity contribution >= 4 is 35.2 Å². The van der Waals surface area contributed by atoms with Crippen LogP contribution >= 0.6 is 11.6 Å². The van der Waals surface area contributed by atoms with Crippen molar-refractivity contribution in [2.24, 2.45) is 5.41 Å². The molecule has 3 rings (SSSR count). The molecule has 1 saturated carbocycles. The molecule has 1 heterocycles. The summed E-state index contributed by atoms with van der Waals surface area (Å²) < 4.78 is 4.99. The van der Waals surface area contributed by atoms with Crippen LogP contribution in [0.2, 0.25) is 5.02 Å². The summed E-state index contributed by atoms with van der Waals surface area (Å²) in [5, 5.41) is 3.47. The molecule has 3 amide bonds. The maximum atomic E-state index is 13.0. The fraction of sp³-hybridized carbons (Fsp3) is 0.526. The molecular formula is C19H24ClN3O4. The van der Waals surface area contributed by atoms with Gasteiger partial charge in [-0.2, -0.15) is 0 Å². The number of hydrogen-bond acceptors (Lipinski definition) is 4. The zero-order valence-corrected chi connectivity index (χ0v) is 16.3. The van der Waals surface area contributed by atoms with Crippen LogP contribution in [0.3, 0.4) is 0 Å². The lowest BCUT2D eigenvalue weighted by Crippen LogP contribution is -2.53. The minimum absolute atomic E-state index is 0.157. The van der Waals surface area contributed by atoms with E-state index >= 15 is 0 Å². The molecule has 146 valence electrons. The first-order valence-electron chi connectivity index (χ1n) is 9.16. The Balaban J connectivity index is 1.61. The summed E-state index contributed by atoms with van der Waals surface area (Å²) in [7, 11) is 0. The van der Waals surface area contributed by atoms with E-state index in [9.17, 15) is 14.4 Å². The molecule has 0 unspecified atom stereocenters. The second-order valence-corrected chi connectivity index (χ2v) is 7.41. The maximum Gasteiger partial charge on any atom is 0.409 e. The monoisotopic (exact) mass is 393 g/mol. The quantitative estimate of drug-likeness (QED) is 0.797. The fourth-order valence-corrected chi connectivity index (χ4v) is 3.51. The van der Waals surface area contributed by atoms with Crippen molar-refractivity contribution in [1.82, 2.24) is 9.80 Å². The van der Waals surface area contributed by atoms with Gasteiger partial charge in [0.05, 0.1) is 6.61 Å². The van der Waals surface area contributed by atoms with E-state index in [0.717, 1.165) is 5.56 Å². The Hall–Kier alpha value is -2.28. The number of ether oxygens (including phenoxy) is 1. The molecule has 27 heavy (non-hydrogen) atoms. The summed E-state index contributed by atoms with van der Waals surface area (Å²) in [6.07, 6.45) is 0.729. The van der Waals surface area contributed by atoms with E-state index in [4.69, 9.17) is 16.3 Å². The van der Waals surface area contributed by atoms with Gasteiger partial charge in [0.2, 0.25) is 11.8 Å². The van der Waals surface area contributed by atoms with Gasteiger partial charge >= 0.3 is 6.09 Å².